The number of thiocarbonyl (C=S) groups is 1. The Morgan fingerprint density at radius 1 is 1.38 bits per heavy atom. The van der Waals surface area contributed by atoms with Crippen LogP contribution >= 0.6 is 35.4 Å². The number of halogens is 2. The molecular weight excluding hydrogens is 267 g/mol. The summed E-state index contributed by atoms with van der Waals surface area (Å²) in [5, 5.41) is 3.28. The van der Waals surface area contributed by atoms with Gasteiger partial charge in [0.15, 0.2) is 0 Å². The second-order valence-electron chi connectivity index (χ2n) is 3.07. The Morgan fingerprint density at radius 2 is 1.94 bits per heavy atom. The SMILES string of the molecule is NC(=S)CCNC(=O)c1c(Cl)cccc1Cl. The summed E-state index contributed by atoms with van der Waals surface area (Å²) in [5.41, 5.74) is 5.58. The zero-order valence-electron chi connectivity index (χ0n) is 8.30. The third-order valence-electron chi connectivity index (χ3n) is 1.85. The average molecular weight is 277 g/mol. The Balaban J connectivity index is 2.70. The lowest BCUT2D eigenvalue weighted by Crippen LogP contribution is -2.27. The monoisotopic (exact) mass is 276 g/mol. The van der Waals surface area contributed by atoms with Crippen LogP contribution in [0.1, 0.15) is 16.8 Å². The van der Waals surface area contributed by atoms with Gasteiger partial charge in [0, 0.05) is 13.0 Å². The van der Waals surface area contributed by atoms with Crippen LogP contribution in [0.2, 0.25) is 10.0 Å². The van der Waals surface area contributed by atoms with Gasteiger partial charge in [-0.1, -0.05) is 41.5 Å². The van der Waals surface area contributed by atoms with Crippen molar-refractivity contribution in [2.75, 3.05) is 6.54 Å². The molecule has 0 aliphatic rings. The van der Waals surface area contributed by atoms with Gasteiger partial charge in [-0.2, -0.15) is 0 Å². The molecule has 1 aromatic carbocycles. The highest BCUT2D eigenvalue weighted by atomic mass is 35.5. The van der Waals surface area contributed by atoms with E-state index in [0.717, 1.165) is 0 Å². The van der Waals surface area contributed by atoms with Gasteiger partial charge in [-0.25, -0.2) is 0 Å². The second kappa shape index (κ2) is 6.03. The molecule has 0 aliphatic heterocycles. The molecule has 6 heteroatoms. The van der Waals surface area contributed by atoms with E-state index in [1.165, 1.54) is 0 Å². The minimum absolute atomic E-state index is 0.272. The molecular formula is C10H10Cl2N2OS. The summed E-state index contributed by atoms with van der Waals surface area (Å²) in [6.07, 6.45) is 0.448. The van der Waals surface area contributed by atoms with Gasteiger partial charge < -0.3 is 11.1 Å². The molecule has 0 aliphatic carbocycles. The van der Waals surface area contributed by atoms with Crippen LogP contribution < -0.4 is 11.1 Å². The van der Waals surface area contributed by atoms with E-state index in [9.17, 15) is 4.79 Å². The van der Waals surface area contributed by atoms with Crippen LogP contribution in [-0.2, 0) is 0 Å². The standard InChI is InChI=1S/C10H10Cl2N2OS/c11-6-2-1-3-7(12)9(6)10(15)14-5-4-8(13)16/h1-3H,4-5H2,(H2,13,16)(H,14,15). The average Bonchev–Trinajstić information content (AvgIpc) is 2.16. The van der Waals surface area contributed by atoms with E-state index >= 15 is 0 Å². The van der Waals surface area contributed by atoms with Gasteiger partial charge in [-0.3, -0.25) is 4.79 Å². The highest BCUT2D eigenvalue weighted by Crippen LogP contribution is 2.23. The molecule has 0 unspecified atom stereocenters. The Hall–Kier alpha value is -0.840. The molecule has 0 saturated carbocycles. The van der Waals surface area contributed by atoms with E-state index in [1.54, 1.807) is 18.2 Å². The van der Waals surface area contributed by atoms with Crippen LogP contribution in [0, 0.1) is 0 Å². The molecule has 0 aromatic heterocycles. The maximum Gasteiger partial charge on any atom is 0.254 e. The predicted octanol–water partition coefficient (Wildman–Crippen LogP) is 2.40. The highest BCUT2D eigenvalue weighted by Gasteiger charge is 2.13. The molecule has 0 bridgehead atoms. The molecule has 86 valence electrons. The number of hydrogen-bond acceptors (Lipinski definition) is 2. The number of benzene rings is 1. The normalized spacial score (nSPS) is 9.88. The summed E-state index contributed by atoms with van der Waals surface area (Å²) in [6, 6.07) is 4.89. The van der Waals surface area contributed by atoms with E-state index in [-0.39, 0.29) is 11.5 Å². The molecule has 3 nitrogen and oxygen atoms in total. The van der Waals surface area contributed by atoms with Gasteiger partial charge in [0.05, 0.1) is 20.6 Å². The number of carbonyl (C=O) groups excluding carboxylic acids is 1. The zero-order valence-corrected chi connectivity index (χ0v) is 10.6. The highest BCUT2D eigenvalue weighted by molar-refractivity contribution is 7.80. The molecule has 0 radical (unpaired) electrons. The summed E-state index contributed by atoms with van der Waals surface area (Å²) < 4.78 is 0. The van der Waals surface area contributed by atoms with Gasteiger partial charge in [-0.15, -0.1) is 0 Å². The van der Waals surface area contributed by atoms with Crippen molar-refractivity contribution in [3.63, 3.8) is 0 Å². The second-order valence-corrected chi connectivity index (χ2v) is 4.41. The maximum absolute atomic E-state index is 11.7. The first-order valence-corrected chi connectivity index (χ1v) is 5.69. The fourth-order valence-corrected chi connectivity index (χ4v) is 1.77. The molecule has 16 heavy (non-hydrogen) atoms. The third-order valence-corrected chi connectivity index (χ3v) is 2.68. The molecule has 1 rings (SSSR count). The van der Waals surface area contributed by atoms with Gasteiger partial charge in [0.2, 0.25) is 0 Å². The fraction of sp³-hybridized carbons (Fsp3) is 0.200. The van der Waals surface area contributed by atoms with E-state index < -0.39 is 0 Å². The predicted molar refractivity (Wildman–Crippen MR) is 70.2 cm³/mol. The summed E-state index contributed by atoms with van der Waals surface area (Å²) in [7, 11) is 0. The van der Waals surface area contributed by atoms with Crippen LogP contribution in [0.15, 0.2) is 18.2 Å². The first-order valence-electron chi connectivity index (χ1n) is 4.53. The third kappa shape index (κ3) is 3.63. The lowest BCUT2D eigenvalue weighted by molar-refractivity contribution is 0.0955. The molecule has 0 spiro atoms. The lowest BCUT2D eigenvalue weighted by Gasteiger charge is -2.07. The van der Waals surface area contributed by atoms with Crippen LogP contribution in [0.5, 0.6) is 0 Å². The van der Waals surface area contributed by atoms with Crippen molar-refractivity contribution < 1.29 is 4.79 Å². The lowest BCUT2D eigenvalue weighted by atomic mass is 10.2. The van der Waals surface area contributed by atoms with Gasteiger partial charge in [0.25, 0.3) is 5.91 Å². The molecule has 0 atom stereocenters. The minimum atomic E-state index is -0.327. The van der Waals surface area contributed by atoms with Gasteiger partial charge in [0.1, 0.15) is 0 Å². The summed E-state index contributed by atoms with van der Waals surface area (Å²) >= 11 is 16.4. The number of amides is 1. The number of rotatable bonds is 4. The minimum Gasteiger partial charge on any atom is -0.393 e. The van der Waals surface area contributed by atoms with Crippen molar-refractivity contribution in [1.29, 1.82) is 0 Å². The summed E-state index contributed by atoms with van der Waals surface area (Å²) in [6.45, 7) is 0.371. The molecule has 1 aromatic rings. The maximum atomic E-state index is 11.7. The molecule has 1 amide bonds. The van der Waals surface area contributed by atoms with E-state index in [0.29, 0.717) is 28.0 Å². The van der Waals surface area contributed by atoms with Crippen molar-refractivity contribution in [3.8, 4) is 0 Å². The molecule has 0 heterocycles. The van der Waals surface area contributed by atoms with Crippen molar-refractivity contribution in [2.45, 2.75) is 6.42 Å². The first kappa shape index (κ1) is 13.2. The fourth-order valence-electron chi connectivity index (χ4n) is 1.10. The van der Waals surface area contributed by atoms with Crippen molar-refractivity contribution >= 4 is 46.3 Å². The van der Waals surface area contributed by atoms with Gasteiger partial charge in [-0.05, 0) is 12.1 Å². The van der Waals surface area contributed by atoms with E-state index in [4.69, 9.17) is 41.2 Å². The van der Waals surface area contributed by atoms with Crippen molar-refractivity contribution in [1.82, 2.24) is 5.32 Å². The first-order chi connectivity index (χ1) is 7.52. The zero-order chi connectivity index (χ0) is 12.1. The molecule has 0 saturated heterocycles. The van der Waals surface area contributed by atoms with Gasteiger partial charge >= 0.3 is 0 Å². The van der Waals surface area contributed by atoms with Crippen LogP contribution in [-0.4, -0.2) is 17.4 Å². The Bertz CT molecular complexity index is 403. The van der Waals surface area contributed by atoms with Crippen molar-refractivity contribution in [2.24, 2.45) is 5.73 Å². The Morgan fingerprint density at radius 3 is 2.44 bits per heavy atom. The summed E-state index contributed by atoms with van der Waals surface area (Å²) in [4.78, 5) is 12.1. The number of hydrogen-bond donors (Lipinski definition) is 2. The summed E-state index contributed by atoms with van der Waals surface area (Å²) in [5.74, 6) is -0.327. The topological polar surface area (TPSA) is 55.1 Å². The largest absolute Gasteiger partial charge is 0.393 e. The van der Waals surface area contributed by atoms with E-state index in [1.807, 2.05) is 0 Å². The van der Waals surface area contributed by atoms with Crippen LogP contribution in [0.4, 0.5) is 0 Å². The smallest absolute Gasteiger partial charge is 0.254 e. The van der Waals surface area contributed by atoms with Crippen LogP contribution in [0.3, 0.4) is 0 Å². The molecule has 3 N–H and O–H groups in total. The number of nitrogens with two attached hydrogens (primary N) is 1. The quantitative estimate of drug-likeness (QED) is 0.831. The van der Waals surface area contributed by atoms with Crippen molar-refractivity contribution in [3.05, 3.63) is 33.8 Å². The molecule has 0 fully saturated rings. The van der Waals surface area contributed by atoms with Crippen LogP contribution in [0.25, 0.3) is 0 Å². The van der Waals surface area contributed by atoms with E-state index in [2.05, 4.69) is 5.32 Å². The Labute approximate surface area is 109 Å². The number of carbonyl (C=O) groups is 1. The number of nitrogens with one attached hydrogen (secondary N) is 1. The Kier molecular flexibility index (Phi) is 4.99.